The third-order valence-electron chi connectivity index (χ3n) is 4.74. The number of benzene rings is 3. The molecule has 3 aromatic rings. The van der Waals surface area contributed by atoms with E-state index in [2.05, 4.69) is 5.32 Å². The molecule has 0 saturated heterocycles. The molecule has 36 heavy (non-hydrogen) atoms. The number of anilines is 1. The minimum Gasteiger partial charge on any atom is -0.379 e. The monoisotopic (exact) mass is 508 g/mol. The Labute approximate surface area is 204 Å². The summed E-state index contributed by atoms with van der Waals surface area (Å²) in [6.07, 6.45) is 1.23. The van der Waals surface area contributed by atoms with Crippen molar-refractivity contribution >= 4 is 39.2 Å². The molecule has 0 heterocycles. The van der Waals surface area contributed by atoms with Gasteiger partial charge in [0, 0.05) is 29.4 Å². The third-order valence-corrected chi connectivity index (χ3v) is 5.99. The van der Waals surface area contributed by atoms with E-state index in [9.17, 15) is 38.7 Å². The Morgan fingerprint density at radius 3 is 2.33 bits per heavy atom. The maximum atomic E-state index is 12.5. The molecule has 12 nitrogen and oxygen atoms in total. The zero-order chi connectivity index (χ0) is 26.5. The molecule has 0 unspecified atom stereocenters. The highest BCUT2D eigenvalue weighted by Crippen LogP contribution is 2.25. The summed E-state index contributed by atoms with van der Waals surface area (Å²) in [7, 11) is -4.37. The topological polar surface area (TPSA) is 183 Å². The number of carbonyl (C=O) groups is 1. The summed E-state index contributed by atoms with van der Waals surface area (Å²) in [5.74, 6) is -0.906. The van der Waals surface area contributed by atoms with Crippen LogP contribution in [0.5, 0.6) is 5.75 Å². The van der Waals surface area contributed by atoms with Crippen molar-refractivity contribution in [2.75, 3.05) is 5.32 Å². The van der Waals surface area contributed by atoms with Gasteiger partial charge >= 0.3 is 10.1 Å². The SMILES string of the molecule is Cc1ccc(S(=O)(=O)Oc2ccc(/C=C(\C#N)C(=O)Nc3cccc([N+](=O)[O-])c3)cc2)cc1[N+](=O)[O-]. The molecule has 0 bridgehead atoms. The van der Waals surface area contributed by atoms with Gasteiger partial charge in [-0.1, -0.05) is 24.3 Å². The average Bonchev–Trinajstić information content (AvgIpc) is 2.83. The van der Waals surface area contributed by atoms with Gasteiger partial charge < -0.3 is 9.50 Å². The molecule has 0 aliphatic carbocycles. The van der Waals surface area contributed by atoms with Crippen LogP contribution in [-0.4, -0.2) is 24.2 Å². The van der Waals surface area contributed by atoms with Gasteiger partial charge in [-0.15, -0.1) is 0 Å². The largest absolute Gasteiger partial charge is 0.379 e. The summed E-state index contributed by atoms with van der Waals surface area (Å²) in [6.45, 7) is 1.47. The summed E-state index contributed by atoms with van der Waals surface area (Å²) in [5.41, 5.74) is -0.140. The number of carbonyl (C=O) groups excluding carboxylic acids is 1. The molecule has 0 aliphatic heterocycles. The molecule has 1 N–H and O–H groups in total. The molecule has 0 aromatic heterocycles. The first kappa shape index (κ1) is 25.5. The molecule has 1 amide bonds. The number of non-ortho nitro benzene ring substituents is 1. The number of nitrogens with one attached hydrogen (secondary N) is 1. The number of rotatable bonds is 8. The minimum absolute atomic E-state index is 0.102. The smallest absolute Gasteiger partial charge is 0.339 e. The van der Waals surface area contributed by atoms with Crippen molar-refractivity contribution in [3.63, 3.8) is 0 Å². The fraction of sp³-hybridized carbons (Fsp3) is 0.0435. The van der Waals surface area contributed by atoms with E-state index in [0.29, 0.717) is 5.56 Å². The van der Waals surface area contributed by atoms with E-state index < -0.39 is 30.8 Å². The standard InChI is InChI=1S/C23H16N4O8S/c1-15-5-10-21(13-22(15)27(31)32)36(33,34)35-20-8-6-16(7-9-20)11-17(14-24)23(28)25-18-3-2-4-19(12-18)26(29)30/h2-13H,1H3,(H,25,28)/b17-11+. The molecule has 0 spiro atoms. The van der Waals surface area contributed by atoms with Crippen molar-refractivity contribution < 1.29 is 27.2 Å². The lowest BCUT2D eigenvalue weighted by Crippen LogP contribution is -2.13. The summed E-state index contributed by atoms with van der Waals surface area (Å²) < 4.78 is 30.1. The second kappa shape index (κ2) is 10.5. The van der Waals surface area contributed by atoms with Crippen LogP contribution in [0, 0.1) is 38.5 Å². The Hall–Kier alpha value is -5.09. The van der Waals surface area contributed by atoms with Crippen LogP contribution in [0.4, 0.5) is 17.1 Å². The quantitative estimate of drug-likeness (QED) is 0.154. The lowest BCUT2D eigenvalue weighted by atomic mass is 10.1. The van der Waals surface area contributed by atoms with Gasteiger partial charge in [-0.25, -0.2) is 0 Å². The summed E-state index contributed by atoms with van der Waals surface area (Å²) in [5, 5.41) is 33.7. The fourth-order valence-corrected chi connectivity index (χ4v) is 3.90. The summed E-state index contributed by atoms with van der Waals surface area (Å²) in [6, 6.07) is 15.7. The van der Waals surface area contributed by atoms with Gasteiger partial charge in [-0.05, 0) is 42.8 Å². The van der Waals surface area contributed by atoms with Crippen molar-refractivity contribution in [3.8, 4) is 11.8 Å². The fourth-order valence-electron chi connectivity index (χ4n) is 2.95. The van der Waals surface area contributed by atoms with E-state index in [4.69, 9.17) is 4.18 Å². The van der Waals surface area contributed by atoms with Gasteiger partial charge in [0.05, 0.1) is 9.85 Å². The molecule has 3 aromatic carbocycles. The second-order valence-corrected chi connectivity index (χ2v) is 8.79. The predicted octanol–water partition coefficient (Wildman–Crippen LogP) is 4.12. The molecule has 0 fully saturated rings. The number of hydrogen-bond acceptors (Lipinski definition) is 9. The van der Waals surface area contributed by atoms with Gasteiger partial charge in [0.2, 0.25) is 0 Å². The second-order valence-electron chi connectivity index (χ2n) is 7.24. The molecule has 182 valence electrons. The van der Waals surface area contributed by atoms with Crippen LogP contribution in [0.15, 0.2) is 77.2 Å². The van der Waals surface area contributed by atoms with Crippen molar-refractivity contribution in [3.05, 3.63) is 104 Å². The first-order valence-electron chi connectivity index (χ1n) is 9.97. The van der Waals surface area contributed by atoms with E-state index in [0.717, 1.165) is 12.1 Å². The first-order valence-corrected chi connectivity index (χ1v) is 11.4. The Morgan fingerprint density at radius 1 is 1.03 bits per heavy atom. The first-order chi connectivity index (χ1) is 17.0. The van der Waals surface area contributed by atoms with Crippen molar-refractivity contribution in [1.29, 1.82) is 5.26 Å². The van der Waals surface area contributed by atoms with Crippen molar-refractivity contribution in [2.24, 2.45) is 0 Å². The maximum absolute atomic E-state index is 12.5. The highest BCUT2D eigenvalue weighted by atomic mass is 32.2. The van der Waals surface area contributed by atoms with Crippen LogP contribution >= 0.6 is 0 Å². The Kier molecular flexibility index (Phi) is 7.41. The van der Waals surface area contributed by atoms with Crippen LogP contribution in [0.25, 0.3) is 6.08 Å². The molecular weight excluding hydrogens is 492 g/mol. The van der Waals surface area contributed by atoms with Crippen LogP contribution in [0.1, 0.15) is 11.1 Å². The Morgan fingerprint density at radius 2 is 1.72 bits per heavy atom. The van der Waals surface area contributed by atoms with E-state index in [1.165, 1.54) is 67.6 Å². The summed E-state index contributed by atoms with van der Waals surface area (Å²) in [4.78, 5) is 32.7. The molecule has 0 radical (unpaired) electrons. The molecule has 3 rings (SSSR count). The Bertz CT molecular complexity index is 1540. The van der Waals surface area contributed by atoms with Gasteiger partial charge in [0.1, 0.15) is 22.3 Å². The van der Waals surface area contributed by atoms with Crippen LogP contribution < -0.4 is 9.50 Å². The molecule has 13 heteroatoms. The van der Waals surface area contributed by atoms with Gasteiger partial charge in [-0.3, -0.25) is 25.0 Å². The minimum atomic E-state index is -4.37. The van der Waals surface area contributed by atoms with Crippen LogP contribution in [0.3, 0.4) is 0 Å². The van der Waals surface area contributed by atoms with E-state index in [-0.39, 0.29) is 33.9 Å². The average molecular weight is 508 g/mol. The normalized spacial score (nSPS) is 11.3. The van der Waals surface area contributed by atoms with Gasteiger partial charge in [0.15, 0.2) is 0 Å². The van der Waals surface area contributed by atoms with Crippen LogP contribution in [-0.2, 0) is 14.9 Å². The van der Waals surface area contributed by atoms with Crippen molar-refractivity contribution in [1.82, 2.24) is 0 Å². The molecule has 0 atom stereocenters. The third kappa shape index (κ3) is 6.07. The maximum Gasteiger partial charge on any atom is 0.339 e. The highest BCUT2D eigenvalue weighted by Gasteiger charge is 2.22. The van der Waals surface area contributed by atoms with E-state index >= 15 is 0 Å². The highest BCUT2D eigenvalue weighted by molar-refractivity contribution is 7.87. The number of nitro benzene ring substituents is 2. The van der Waals surface area contributed by atoms with Gasteiger partial charge in [-0.2, -0.15) is 13.7 Å². The number of aryl methyl sites for hydroxylation is 1. The molecule has 0 aliphatic rings. The number of nitriles is 1. The summed E-state index contributed by atoms with van der Waals surface area (Å²) >= 11 is 0. The van der Waals surface area contributed by atoms with Crippen molar-refractivity contribution in [2.45, 2.75) is 11.8 Å². The number of nitro groups is 2. The van der Waals surface area contributed by atoms with E-state index in [1.807, 2.05) is 0 Å². The van der Waals surface area contributed by atoms with Crippen LogP contribution in [0.2, 0.25) is 0 Å². The predicted molar refractivity (Wildman–Crippen MR) is 127 cm³/mol. The number of hydrogen-bond donors (Lipinski definition) is 1. The zero-order valence-corrected chi connectivity index (χ0v) is 19.3. The number of nitrogens with zero attached hydrogens (tertiary/aromatic N) is 3. The lowest BCUT2D eigenvalue weighted by Gasteiger charge is -2.08. The lowest BCUT2D eigenvalue weighted by molar-refractivity contribution is -0.385. The van der Waals surface area contributed by atoms with Gasteiger partial charge in [0.25, 0.3) is 17.3 Å². The zero-order valence-electron chi connectivity index (χ0n) is 18.4. The number of amides is 1. The molecular formula is C23H16N4O8S. The Balaban J connectivity index is 1.76. The van der Waals surface area contributed by atoms with E-state index in [1.54, 1.807) is 6.07 Å². The molecule has 0 saturated carbocycles.